The smallest absolute Gasteiger partial charge is 0.241 e. The van der Waals surface area contributed by atoms with Crippen molar-refractivity contribution in [3.8, 4) is 5.75 Å². The lowest BCUT2D eigenvalue weighted by Crippen LogP contribution is -2.45. The van der Waals surface area contributed by atoms with E-state index in [4.69, 9.17) is 4.74 Å². The van der Waals surface area contributed by atoms with Gasteiger partial charge in [-0.25, -0.2) is 8.42 Å². The molecule has 0 unspecified atom stereocenters. The summed E-state index contributed by atoms with van der Waals surface area (Å²) in [5.74, 6) is 0.119. The number of rotatable bonds is 10. The van der Waals surface area contributed by atoms with Crippen LogP contribution in [0, 0.1) is 0 Å². The molecule has 0 aromatic heterocycles. The molecule has 0 aliphatic carbocycles. The van der Waals surface area contributed by atoms with Gasteiger partial charge in [0.25, 0.3) is 0 Å². The number of carbonyl (C=O) groups is 2. The van der Waals surface area contributed by atoms with Crippen molar-refractivity contribution in [1.82, 2.24) is 10.0 Å². The monoisotopic (exact) mass is 447 g/mol. The van der Waals surface area contributed by atoms with Gasteiger partial charge in [0.15, 0.2) is 0 Å². The first-order valence-corrected chi connectivity index (χ1v) is 11.5. The molecule has 0 saturated carbocycles. The molecule has 9 heteroatoms. The van der Waals surface area contributed by atoms with Crippen LogP contribution in [0.25, 0.3) is 0 Å². The molecule has 0 saturated heterocycles. The number of amides is 2. The summed E-state index contributed by atoms with van der Waals surface area (Å²) >= 11 is 0. The first kappa shape index (κ1) is 24.4. The van der Waals surface area contributed by atoms with Crippen LogP contribution in [0.2, 0.25) is 0 Å². The number of carbonyl (C=O) groups excluding carboxylic acids is 2. The number of nitrogens with one attached hydrogen (secondary N) is 3. The normalized spacial score (nSPS) is 12.3. The average Bonchev–Trinajstić information content (AvgIpc) is 2.68. The van der Waals surface area contributed by atoms with Gasteiger partial charge in [0.1, 0.15) is 5.75 Å². The van der Waals surface area contributed by atoms with E-state index < -0.39 is 22.0 Å². The number of benzene rings is 2. The van der Waals surface area contributed by atoms with Gasteiger partial charge in [-0.2, -0.15) is 4.72 Å². The van der Waals surface area contributed by atoms with Crippen molar-refractivity contribution in [2.75, 3.05) is 11.9 Å². The van der Waals surface area contributed by atoms with Crippen LogP contribution in [-0.2, 0) is 26.0 Å². The molecule has 168 valence electrons. The van der Waals surface area contributed by atoms with Crippen LogP contribution in [-0.4, -0.2) is 38.9 Å². The maximum Gasteiger partial charge on any atom is 0.241 e. The molecule has 0 heterocycles. The number of hydrogen-bond acceptors (Lipinski definition) is 5. The van der Waals surface area contributed by atoms with Crippen molar-refractivity contribution in [3.05, 3.63) is 54.1 Å². The Morgan fingerprint density at radius 2 is 1.58 bits per heavy atom. The van der Waals surface area contributed by atoms with E-state index in [1.165, 1.54) is 38.1 Å². The van der Waals surface area contributed by atoms with Crippen molar-refractivity contribution < 1.29 is 22.7 Å². The van der Waals surface area contributed by atoms with Crippen molar-refractivity contribution >= 4 is 27.5 Å². The van der Waals surface area contributed by atoms with Crippen LogP contribution >= 0.6 is 0 Å². The van der Waals surface area contributed by atoms with Crippen molar-refractivity contribution in [2.45, 2.75) is 51.2 Å². The second kappa shape index (κ2) is 10.9. The predicted octanol–water partition coefficient (Wildman–Crippen LogP) is 2.46. The summed E-state index contributed by atoms with van der Waals surface area (Å²) in [7, 11) is -3.88. The minimum atomic E-state index is -3.88. The third-order valence-corrected chi connectivity index (χ3v) is 5.77. The first-order chi connectivity index (χ1) is 14.6. The van der Waals surface area contributed by atoms with E-state index in [1.807, 2.05) is 38.1 Å². The van der Waals surface area contributed by atoms with Crippen molar-refractivity contribution in [3.63, 3.8) is 0 Å². The molecular weight excluding hydrogens is 418 g/mol. The summed E-state index contributed by atoms with van der Waals surface area (Å²) < 4.78 is 32.9. The quantitative estimate of drug-likeness (QED) is 0.518. The van der Waals surface area contributed by atoms with Gasteiger partial charge in [0.05, 0.1) is 17.0 Å². The molecule has 2 rings (SSSR count). The first-order valence-electron chi connectivity index (χ1n) is 10.00. The number of sulfonamides is 1. The minimum absolute atomic E-state index is 0.00459. The number of hydrogen-bond donors (Lipinski definition) is 3. The van der Waals surface area contributed by atoms with E-state index in [1.54, 1.807) is 0 Å². The molecule has 0 aliphatic rings. The summed E-state index contributed by atoms with van der Waals surface area (Å²) in [5.41, 5.74) is 1.52. The van der Waals surface area contributed by atoms with Crippen LogP contribution in [0.5, 0.6) is 5.75 Å². The standard InChI is InChI=1S/C22H29N3O5S/c1-15(2)30-20-9-5-18(6-10-20)13-14-23-22(27)16(3)25-31(28,29)21-11-7-19(8-12-21)24-17(4)26/h5-12,15-16,25H,13-14H2,1-4H3,(H,23,27)(H,24,26)/t16-/m0/s1. The molecule has 0 radical (unpaired) electrons. The molecule has 2 aromatic carbocycles. The highest BCUT2D eigenvalue weighted by Gasteiger charge is 2.21. The van der Waals surface area contributed by atoms with Gasteiger partial charge in [0, 0.05) is 19.2 Å². The van der Waals surface area contributed by atoms with E-state index in [0.717, 1.165) is 11.3 Å². The van der Waals surface area contributed by atoms with Crippen molar-refractivity contribution in [2.24, 2.45) is 0 Å². The van der Waals surface area contributed by atoms with Gasteiger partial charge in [-0.1, -0.05) is 12.1 Å². The number of anilines is 1. The summed E-state index contributed by atoms with van der Waals surface area (Å²) in [6.45, 7) is 7.14. The average molecular weight is 448 g/mol. The van der Waals surface area contributed by atoms with E-state index in [-0.39, 0.29) is 16.9 Å². The third kappa shape index (κ3) is 8.03. The fourth-order valence-corrected chi connectivity index (χ4v) is 3.97. The highest BCUT2D eigenvalue weighted by molar-refractivity contribution is 7.89. The lowest BCUT2D eigenvalue weighted by Gasteiger charge is -2.15. The zero-order valence-electron chi connectivity index (χ0n) is 18.1. The Morgan fingerprint density at radius 1 is 0.968 bits per heavy atom. The molecule has 0 fully saturated rings. The topological polar surface area (TPSA) is 114 Å². The fraction of sp³-hybridized carbons (Fsp3) is 0.364. The van der Waals surface area contributed by atoms with E-state index in [0.29, 0.717) is 18.7 Å². The Bertz CT molecular complexity index is 987. The third-order valence-electron chi connectivity index (χ3n) is 4.22. The highest BCUT2D eigenvalue weighted by Crippen LogP contribution is 2.15. The maximum absolute atomic E-state index is 12.5. The molecule has 2 amide bonds. The van der Waals surface area contributed by atoms with Gasteiger partial charge < -0.3 is 15.4 Å². The van der Waals surface area contributed by atoms with Crippen LogP contribution < -0.4 is 20.1 Å². The largest absolute Gasteiger partial charge is 0.491 e. The minimum Gasteiger partial charge on any atom is -0.491 e. The van der Waals surface area contributed by atoms with Crippen LogP contribution in [0.4, 0.5) is 5.69 Å². The van der Waals surface area contributed by atoms with Crippen LogP contribution in [0.3, 0.4) is 0 Å². The molecule has 0 aliphatic heterocycles. The lowest BCUT2D eigenvalue weighted by atomic mass is 10.1. The Kier molecular flexibility index (Phi) is 8.58. The highest BCUT2D eigenvalue weighted by atomic mass is 32.2. The molecule has 0 bridgehead atoms. The van der Waals surface area contributed by atoms with Crippen LogP contribution in [0.1, 0.15) is 33.3 Å². The Balaban J connectivity index is 1.84. The van der Waals surface area contributed by atoms with Gasteiger partial charge >= 0.3 is 0 Å². The van der Waals surface area contributed by atoms with Crippen molar-refractivity contribution in [1.29, 1.82) is 0 Å². The van der Waals surface area contributed by atoms with Gasteiger partial charge in [-0.05, 0) is 69.2 Å². The molecule has 31 heavy (non-hydrogen) atoms. The van der Waals surface area contributed by atoms with E-state index in [9.17, 15) is 18.0 Å². The molecule has 2 aromatic rings. The second-order valence-corrected chi connectivity index (χ2v) is 9.11. The van der Waals surface area contributed by atoms with E-state index in [2.05, 4.69) is 15.4 Å². The zero-order valence-corrected chi connectivity index (χ0v) is 19.0. The summed E-state index contributed by atoms with van der Waals surface area (Å²) in [5, 5.41) is 5.30. The van der Waals surface area contributed by atoms with Gasteiger partial charge in [0.2, 0.25) is 21.8 Å². The Morgan fingerprint density at radius 3 is 2.13 bits per heavy atom. The summed E-state index contributed by atoms with van der Waals surface area (Å²) in [6, 6.07) is 12.4. The molecule has 0 spiro atoms. The second-order valence-electron chi connectivity index (χ2n) is 7.40. The zero-order chi connectivity index (χ0) is 23.0. The molecule has 1 atom stereocenters. The molecular formula is C22H29N3O5S. The SMILES string of the molecule is CC(=O)Nc1ccc(S(=O)(=O)N[C@@H](C)C(=O)NCCc2ccc(OC(C)C)cc2)cc1. The fourth-order valence-electron chi connectivity index (χ4n) is 2.76. The van der Waals surface area contributed by atoms with Gasteiger partial charge in [-0.3, -0.25) is 9.59 Å². The summed E-state index contributed by atoms with van der Waals surface area (Å²) in [6.07, 6.45) is 0.711. The van der Waals surface area contributed by atoms with Crippen LogP contribution in [0.15, 0.2) is 53.4 Å². The number of ether oxygens (including phenoxy) is 1. The Labute approximate surface area is 183 Å². The predicted molar refractivity (Wildman–Crippen MR) is 119 cm³/mol. The Hall–Kier alpha value is -2.91. The summed E-state index contributed by atoms with van der Waals surface area (Å²) in [4.78, 5) is 23.3. The molecule has 3 N–H and O–H groups in total. The van der Waals surface area contributed by atoms with E-state index >= 15 is 0 Å². The molecule has 8 nitrogen and oxygen atoms in total. The van der Waals surface area contributed by atoms with Gasteiger partial charge in [-0.15, -0.1) is 0 Å². The lowest BCUT2D eigenvalue weighted by molar-refractivity contribution is -0.122. The maximum atomic E-state index is 12.5.